The summed E-state index contributed by atoms with van der Waals surface area (Å²) in [6.45, 7) is 0.0616. The normalized spacial score (nSPS) is 19.1. The number of nitrogens with one attached hydrogen (secondary N) is 2. The van der Waals surface area contributed by atoms with E-state index in [9.17, 15) is 18.0 Å². The molecule has 5 rings (SSSR count). The minimum atomic E-state index is -4.57. The van der Waals surface area contributed by atoms with E-state index in [1.807, 2.05) is 0 Å². The van der Waals surface area contributed by atoms with Gasteiger partial charge >= 0.3 is 6.18 Å². The van der Waals surface area contributed by atoms with Gasteiger partial charge in [-0.3, -0.25) is 4.79 Å². The van der Waals surface area contributed by atoms with Crippen LogP contribution in [0.5, 0.6) is 11.5 Å². The molecule has 33 heavy (non-hydrogen) atoms. The number of nitrogens with zero attached hydrogens (tertiary/aromatic N) is 2. The average Bonchev–Trinajstić information content (AvgIpc) is 3.41. The van der Waals surface area contributed by atoms with Crippen LogP contribution in [0.4, 0.5) is 24.7 Å². The average molecular weight is 499 g/mol. The van der Waals surface area contributed by atoms with E-state index in [0.717, 1.165) is 4.68 Å². The zero-order valence-corrected chi connectivity index (χ0v) is 18.1. The van der Waals surface area contributed by atoms with Crippen molar-refractivity contribution in [3.8, 4) is 11.5 Å². The van der Waals surface area contributed by atoms with Crippen molar-refractivity contribution < 1.29 is 27.4 Å². The molecule has 3 heterocycles. The van der Waals surface area contributed by atoms with Gasteiger partial charge in [0.1, 0.15) is 5.82 Å². The Labute approximate surface area is 195 Å². The van der Waals surface area contributed by atoms with Crippen LogP contribution in [-0.2, 0) is 0 Å². The number of anilines is 2. The van der Waals surface area contributed by atoms with Crippen molar-refractivity contribution in [1.29, 1.82) is 0 Å². The molecule has 2 aromatic carbocycles. The number of carbonyl (C=O) groups excluding carboxylic acids is 1. The number of rotatable bonds is 3. The minimum absolute atomic E-state index is 0.0616. The van der Waals surface area contributed by atoms with Crippen molar-refractivity contribution in [2.45, 2.75) is 24.7 Å². The summed E-state index contributed by atoms with van der Waals surface area (Å²) >= 11 is 11.8. The highest BCUT2D eigenvalue weighted by Gasteiger charge is 2.47. The Bertz CT molecular complexity index is 1250. The Morgan fingerprint density at radius 3 is 2.64 bits per heavy atom. The maximum Gasteiger partial charge on any atom is 0.410 e. The third kappa shape index (κ3) is 4.16. The molecule has 12 heteroatoms. The SMILES string of the molecule is O=C(Nc1ccc(Cl)c(Cl)c1)c1cc2n(n1)[C@@H](C(F)(F)F)C[C@@H](c1ccc3c(c1)OCO3)N2. The van der Waals surface area contributed by atoms with Gasteiger partial charge in [0.25, 0.3) is 5.91 Å². The van der Waals surface area contributed by atoms with Crippen molar-refractivity contribution >= 4 is 40.6 Å². The van der Waals surface area contributed by atoms with Gasteiger partial charge in [-0.1, -0.05) is 29.3 Å². The highest BCUT2D eigenvalue weighted by atomic mass is 35.5. The predicted molar refractivity (Wildman–Crippen MR) is 115 cm³/mol. The van der Waals surface area contributed by atoms with E-state index in [0.29, 0.717) is 27.8 Å². The molecule has 3 aromatic rings. The number of fused-ring (bicyclic) bond motifs is 2. The van der Waals surface area contributed by atoms with E-state index >= 15 is 0 Å². The summed E-state index contributed by atoms with van der Waals surface area (Å²) < 4.78 is 53.1. The van der Waals surface area contributed by atoms with Crippen LogP contribution in [0.25, 0.3) is 0 Å². The Hall–Kier alpha value is -3.11. The fraction of sp³-hybridized carbons (Fsp3) is 0.238. The molecule has 7 nitrogen and oxygen atoms in total. The topological polar surface area (TPSA) is 77.4 Å². The van der Waals surface area contributed by atoms with Crippen LogP contribution in [0.1, 0.15) is 34.6 Å². The second kappa shape index (κ2) is 8.03. The Morgan fingerprint density at radius 1 is 1.09 bits per heavy atom. The van der Waals surface area contributed by atoms with Crippen LogP contribution in [0.15, 0.2) is 42.5 Å². The van der Waals surface area contributed by atoms with Crippen molar-refractivity contribution in [2.75, 3.05) is 17.4 Å². The lowest BCUT2D eigenvalue weighted by Gasteiger charge is -2.33. The molecule has 0 spiro atoms. The fourth-order valence-electron chi connectivity index (χ4n) is 3.80. The number of alkyl halides is 3. The van der Waals surface area contributed by atoms with Crippen LogP contribution in [0, 0.1) is 0 Å². The molecule has 2 atom stereocenters. The molecule has 2 N–H and O–H groups in total. The van der Waals surface area contributed by atoms with Crippen LogP contribution in [-0.4, -0.2) is 28.7 Å². The Kier molecular flexibility index (Phi) is 5.29. The molecule has 0 unspecified atom stereocenters. The lowest BCUT2D eigenvalue weighted by molar-refractivity contribution is -0.173. The van der Waals surface area contributed by atoms with Crippen molar-refractivity contribution in [1.82, 2.24) is 9.78 Å². The largest absolute Gasteiger partial charge is 0.454 e. The van der Waals surface area contributed by atoms with Gasteiger partial charge in [-0.15, -0.1) is 0 Å². The van der Waals surface area contributed by atoms with E-state index in [1.54, 1.807) is 18.2 Å². The zero-order chi connectivity index (χ0) is 23.3. The first kappa shape index (κ1) is 21.7. The molecule has 0 fully saturated rings. The smallest absolute Gasteiger partial charge is 0.410 e. The summed E-state index contributed by atoms with van der Waals surface area (Å²) in [6.07, 6.45) is -4.89. The second-order valence-corrected chi connectivity index (χ2v) is 8.36. The summed E-state index contributed by atoms with van der Waals surface area (Å²) in [6, 6.07) is 8.12. The van der Waals surface area contributed by atoms with Gasteiger partial charge in [0.05, 0.1) is 16.1 Å². The first-order valence-corrected chi connectivity index (χ1v) is 10.5. The van der Waals surface area contributed by atoms with Crippen molar-refractivity contribution in [3.63, 3.8) is 0 Å². The molecule has 1 aromatic heterocycles. The molecule has 2 aliphatic rings. The Balaban J connectivity index is 1.44. The third-order valence-electron chi connectivity index (χ3n) is 5.40. The number of aromatic nitrogens is 2. The van der Waals surface area contributed by atoms with E-state index in [4.69, 9.17) is 32.7 Å². The summed E-state index contributed by atoms with van der Waals surface area (Å²) in [5, 5.41) is 10.1. The van der Waals surface area contributed by atoms with Crippen LogP contribution in [0.3, 0.4) is 0 Å². The monoisotopic (exact) mass is 498 g/mol. The molecule has 0 radical (unpaired) electrons. The molecule has 172 valence electrons. The second-order valence-electron chi connectivity index (χ2n) is 7.55. The fourth-order valence-corrected chi connectivity index (χ4v) is 4.10. The van der Waals surface area contributed by atoms with E-state index in [2.05, 4.69) is 15.7 Å². The van der Waals surface area contributed by atoms with Gasteiger partial charge in [0, 0.05) is 18.2 Å². The molecule has 1 amide bonds. The predicted octanol–water partition coefficient (Wildman–Crippen LogP) is 5.83. The third-order valence-corrected chi connectivity index (χ3v) is 6.14. The zero-order valence-electron chi connectivity index (χ0n) is 16.6. The first-order chi connectivity index (χ1) is 15.7. The number of ether oxygens (including phenoxy) is 2. The maximum absolute atomic E-state index is 13.9. The number of benzene rings is 2. The number of amides is 1. The van der Waals surface area contributed by atoms with Gasteiger partial charge in [0.2, 0.25) is 6.79 Å². The summed E-state index contributed by atoms with van der Waals surface area (Å²) in [7, 11) is 0. The van der Waals surface area contributed by atoms with Crippen molar-refractivity contribution in [3.05, 3.63) is 63.8 Å². The molecule has 0 saturated carbocycles. The highest BCUT2D eigenvalue weighted by Crippen LogP contribution is 2.45. The summed E-state index contributed by atoms with van der Waals surface area (Å²) in [4.78, 5) is 12.7. The number of halogens is 5. The molecule has 0 bridgehead atoms. The summed E-state index contributed by atoms with van der Waals surface area (Å²) in [5.41, 5.74) is 0.755. The molecule has 0 saturated heterocycles. The minimum Gasteiger partial charge on any atom is -0.454 e. The molecular weight excluding hydrogens is 484 g/mol. The van der Waals surface area contributed by atoms with E-state index < -0.39 is 24.2 Å². The molecule has 0 aliphatic carbocycles. The van der Waals surface area contributed by atoms with Crippen LogP contribution in [0.2, 0.25) is 10.0 Å². The molecule has 2 aliphatic heterocycles. The van der Waals surface area contributed by atoms with Crippen LogP contribution < -0.4 is 20.1 Å². The number of hydrogen-bond acceptors (Lipinski definition) is 5. The van der Waals surface area contributed by atoms with Crippen LogP contribution >= 0.6 is 23.2 Å². The standard InChI is InChI=1S/C21H15Cl2F3N4O3/c22-12-3-2-11(6-13(12)23)27-20(31)15-8-19-28-14(7-18(21(24,25)26)30(19)29-15)10-1-4-16-17(5-10)33-9-32-16/h1-6,8,14,18,28H,7,9H2,(H,27,31)/t14-,18+/m0/s1. The van der Waals surface area contributed by atoms with Gasteiger partial charge in [-0.2, -0.15) is 18.3 Å². The van der Waals surface area contributed by atoms with Crippen molar-refractivity contribution in [2.24, 2.45) is 0 Å². The maximum atomic E-state index is 13.9. The first-order valence-electron chi connectivity index (χ1n) is 9.78. The quantitative estimate of drug-likeness (QED) is 0.474. The van der Waals surface area contributed by atoms with Gasteiger partial charge < -0.3 is 20.1 Å². The van der Waals surface area contributed by atoms with E-state index in [-0.39, 0.29) is 29.7 Å². The van der Waals surface area contributed by atoms with Gasteiger partial charge in [-0.25, -0.2) is 4.68 Å². The van der Waals surface area contributed by atoms with E-state index in [1.165, 1.54) is 24.3 Å². The lowest BCUT2D eigenvalue weighted by atomic mass is 9.96. The lowest BCUT2D eigenvalue weighted by Crippen LogP contribution is -2.35. The number of hydrogen-bond donors (Lipinski definition) is 2. The number of carbonyl (C=O) groups is 1. The summed E-state index contributed by atoms with van der Waals surface area (Å²) in [5.74, 6) is 0.398. The Morgan fingerprint density at radius 2 is 1.88 bits per heavy atom. The molecular formula is C21H15Cl2F3N4O3. The van der Waals surface area contributed by atoms with Gasteiger partial charge in [0.15, 0.2) is 23.2 Å². The highest BCUT2D eigenvalue weighted by molar-refractivity contribution is 6.42. The van der Waals surface area contributed by atoms with Gasteiger partial charge in [-0.05, 0) is 35.9 Å².